The number of benzene rings is 1. The van der Waals surface area contributed by atoms with Gasteiger partial charge in [0.15, 0.2) is 0 Å². The Labute approximate surface area is 121 Å². The Morgan fingerprint density at radius 1 is 1.35 bits per heavy atom. The molecule has 0 saturated carbocycles. The summed E-state index contributed by atoms with van der Waals surface area (Å²) in [5.41, 5.74) is 0.0634. The third-order valence-electron chi connectivity index (χ3n) is 3.12. The van der Waals surface area contributed by atoms with Crippen LogP contribution in [0.15, 0.2) is 29.2 Å². The van der Waals surface area contributed by atoms with E-state index in [0.29, 0.717) is 5.75 Å². The van der Waals surface area contributed by atoms with Gasteiger partial charge >= 0.3 is 0 Å². The second kappa shape index (κ2) is 7.25. The first-order valence-corrected chi connectivity index (χ1v) is 7.51. The lowest BCUT2D eigenvalue weighted by Gasteiger charge is -2.23. The molecule has 1 aromatic rings. The molecule has 0 bridgehead atoms. The number of nitrogens with zero attached hydrogens (tertiary/aromatic N) is 1. The van der Waals surface area contributed by atoms with Crippen LogP contribution in [0.3, 0.4) is 0 Å². The molecule has 20 heavy (non-hydrogen) atoms. The molecule has 0 atom stereocenters. The second-order valence-corrected chi connectivity index (χ2v) is 5.68. The summed E-state index contributed by atoms with van der Waals surface area (Å²) in [5.74, 6) is 0.349. The number of nitro benzene ring substituents is 1. The fraction of sp³-hybridized carbons (Fsp3) is 0.462. The van der Waals surface area contributed by atoms with Gasteiger partial charge in [-0.3, -0.25) is 14.9 Å². The minimum Gasteiger partial charge on any atom is -0.353 e. The van der Waals surface area contributed by atoms with Gasteiger partial charge in [-0.25, -0.2) is 0 Å². The molecule has 1 aromatic carbocycles. The van der Waals surface area contributed by atoms with E-state index in [2.05, 4.69) is 10.6 Å². The van der Waals surface area contributed by atoms with Crippen molar-refractivity contribution in [2.75, 3.05) is 18.8 Å². The Morgan fingerprint density at radius 3 is 2.60 bits per heavy atom. The van der Waals surface area contributed by atoms with Gasteiger partial charge in [0.05, 0.1) is 10.7 Å². The molecule has 1 aliphatic rings. The Bertz CT molecular complexity index is 472. The van der Waals surface area contributed by atoms with Crippen molar-refractivity contribution in [2.24, 2.45) is 0 Å². The largest absolute Gasteiger partial charge is 0.353 e. The van der Waals surface area contributed by atoms with Gasteiger partial charge in [0.1, 0.15) is 0 Å². The van der Waals surface area contributed by atoms with E-state index in [1.165, 1.54) is 23.9 Å². The molecule has 1 saturated heterocycles. The number of amides is 1. The van der Waals surface area contributed by atoms with Crippen LogP contribution in [0.4, 0.5) is 5.69 Å². The lowest BCUT2D eigenvalue weighted by molar-refractivity contribution is -0.384. The zero-order valence-corrected chi connectivity index (χ0v) is 11.8. The van der Waals surface area contributed by atoms with Crippen molar-refractivity contribution in [2.45, 2.75) is 23.8 Å². The SMILES string of the molecule is O=C(CSc1ccc([N+](=O)[O-])cc1)NC1CCNCC1. The maximum atomic E-state index is 11.8. The number of carbonyl (C=O) groups is 1. The number of piperidine rings is 1. The van der Waals surface area contributed by atoms with Crippen molar-refractivity contribution >= 4 is 23.4 Å². The molecule has 7 heteroatoms. The third kappa shape index (κ3) is 4.50. The van der Waals surface area contributed by atoms with Crippen LogP contribution >= 0.6 is 11.8 Å². The summed E-state index contributed by atoms with van der Waals surface area (Å²) in [6.45, 7) is 1.89. The summed E-state index contributed by atoms with van der Waals surface area (Å²) in [4.78, 5) is 22.8. The fourth-order valence-corrected chi connectivity index (χ4v) is 2.76. The van der Waals surface area contributed by atoms with Crippen LogP contribution in [0.25, 0.3) is 0 Å². The number of non-ortho nitro benzene ring substituents is 1. The molecule has 1 amide bonds. The van der Waals surface area contributed by atoms with Gasteiger partial charge in [0.2, 0.25) is 5.91 Å². The number of rotatable bonds is 5. The second-order valence-electron chi connectivity index (χ2n) is 4.63. The van der Waals surface area contributed by atoms with Gasteiger partial charge in [0.25, 0.3) is 5.69 Å². The third-order valence-corrected chi connectivity index (χ3v) is 4.13. The molecule has 0 unspecified atom stereocenters. The molecular weight excluding hydrogens is 278 g/mol. The van der Waals surface area contributed by atoms with Crippen molar-refractivity contribution in [3.05, 3.63) is 34.4 Å². The van der Waals surface area contributed by atoms with Gasteiger partial charge in [0, 0.05) is 23.1 Å². The maximum Gasteiger partial charge on any atom is 0.269 e. The number of thioether (sulfide) groups is 1. The molecule has 2 N–H and O–H groups in total. The van der Waals surface area contributed by atoms with Crippen LogP contribution in [-0.4, -0.2) is 35.7 Å². The summed E-state index contributed by atoms with van der Waals surface area (Å²) >= 11 is 1.39. The number of hydrogen-bond acceptors (Lipinski definition) is 5. The highest BCUT2D eigenvalue weighted by molar-refractivity contribution is 8.00. The van der Waals surface area contributed by atoms with E-state index >= 15 is 0 Å². The molecule has 6 nitrogen and oxygen atoms in total. The van der Waals surface area contributed by atoms with E-state index in [9.17, 15) is 14.9 Å². The van der Waals surface area contributed by atoms with Crippen molar-refractivity contribution in [1.29, 1.82) is 0 Å². The minimum absolute atomic E-state index is 0.0141. The van der Waals surface area contributed by atoms with E-state index in [1.54, 1.807) is 12.1 Å². The zero-order valence-electron chi connectivity index (χ0n) is 11.0. The lowest BCUT2D eigenvalue weighted by atomic mass is 10.1. The summed E-state index contributed by atoms with van der Waals surface area (Å²) in [6.07, 6.45) is 1.93. The molecular formula is C13H17N3O3S. The van der Waals surface area contributed by atoms with Crippen molar-refractivity contribution in [3.63, 3.8) is 0 Å². The molecule has 0 aliphatic carbocycles. The monoisotopic (exact) mass is 295 g/mol. The van der Waals surface area contributed by atoms with Crippen LogP contribution in [-0.2, 0) is 4.79 Å². The molecule has 0 aromatic heterocycles. The van der Waals surface area contributed by atoms with E-state index < -0.39 is 4.92 Å². The van der Waals surface area contributed by atoms with Gasteiger partial charge < -0.3 is 10.6 Å². The first kappa shape index (κ1) is 14.8. The highest BCUT2D eigenvalue weighted by Crippen LogP contribution is 2.21. The Morgan fingerprint density at radius 2 is 2.00 bits per heavy atom. The van der Waals surface area contributed by atoms with E-state index in [-0.39, 0.29) is 17.6 Å². The molecule has 0 radical (unpaired) electrons. The van der Waals surface area contributed by atoms with Crippen molar-refractivity contribution in [3.8, 4) is 0 Å². The number of nitro groups is 1. The van der Waals surface area contributed by atoms with Crippen LogP contribution in [0.5, 0.6) is 0 Å². The molecule has 2 rings (SSSR count). The van der Waals surface area contributed by atoms with Gasteiger partial charge in [-0.05, 0) is 38.1 Å². The van der Waals surface area contributed by atoms with Crippen LogP contribution in [0, 0.1) is 10.1 Å². The van der Waals surface area contributed by atoms with Gasteiger partial charge in [-0.1, -0.05) is 0 Å². The maximum absolute atomic E-state index is 11.8. The van der Waals surface area contributed by atoms with Crippen molar-refractivity contribution < 1.29 is 9.72 Å². The highest BCUT2D eigenvalue weighted by atomic mass is 32.2. The summed E-state index contributed by atoms with van der Waals surface area (Å²) in [5, 5.41) is 16.8. The molecule has 0 spiro atoms. The van der Waals surface area contributed by atoms with Crippen LogP contribution < -0.4 is 10.6 Å². The highest BCUT2D eigenvalue weighted by Gasteiger charge is 2.15. The first-order chi connectivity index (χ1) is 9.65. The Kier molecular flexibility index (Phi) is 5.37. The quantitative estimate of drug-likeness (QED) is 0.489. The van der Waals surface area contributed by atoms with Crippen molar-refractivity contribution in [1.82, 2.24) is 10.6 Å². The van der Waals surface area contributed by atoms with Gasteiger partial charge in [-0.15, -0.1) is 11.8 Å². The molecule has 1 aliphatic heterocycles. The average molecular weight is 295 g/mol. The molecule has 108 valence electrons. The summed E-state index contributed by atoms with van der Waals surface area (Å²) in [6, 6.07) is 6.50. The average Bonchev–Trinajstić information content (AvgIpc) is 2.46. The predicted octanol–water partition coefficient (Wildman–Crippen LogP) is 1.56. The van der Waals surface area contributed by atoms with Gasteiger partial charge in [-0.2, -0.15) is 0 Å². The number of carbonyl (C=O) groups excluding carboxylic acids is 1. The molecule has 1 heterocycles. The minimum atomic E-state index is -0.432. The smallest absolute Gasteiger partial charge is 0.269 e. The van der Waals surface area contributed by atoms with Crippen LogP contribution in [0.2, 0.25) is 0 Å². The topological polar surface area (TPSA) is 84.3 Å². The zero-order chi connectivity index (χ0) is 14.4. The predicted molar refractivity (Wildman–Crippen MR) is 77.9 cm³/mol. The standard InChI is InChI=1S/C13H17N3O3S/c17-13(15-10-5-7-14-8-6-10)9-20-12-3-1-11(2-4-12)16(18)19/h1-4,10,14H,5-9H2,(H,15,17). The Hall–Kier alpha value is -1.60. The lowest BCUT2D eigenvalue weighted by Crippen LogP contribution is -2.43. The molecule has 1 fully saturated rings. The van der Waals surface area contributed by atoms with Crippen LogP contribution in [0.1, 0.15) is 12.8 Å². The normalized spacial score (nSPS) is 15.8. The first-order valence-electron chi connectivity index (χ1n) is 6.52. The number of hydrogen-bond donors (Lipinski definition) is 2. The van der Waals surface area contributed by atoms with E-state index in [4.69, 9.17) is 0 Å². The summed E-state index contributed by atoms with van der Waals surface area (Å²) < 4.78 is 0. The summed E-state index contributed by atoms with van der Waals surface area (Å²) in [7, 11) is 0. The number of nitrogens with one attached hydrogen (secondary N) is 2. The van der Waals surface area contributed by atoms with E-state index in [1.807, 2.05) is 0 Å². The fourth-order valence-electron chi connectivity index (χ4n) is 2.05. The van der Waals surface area contributed by atoms with E-state index in [0.717, 1.165) is 30.8 Å². The Balaban J connectivity index is 1.76.